The smallest absolute Gasteiger partial charge is 0.414 e. The van der Waals surface area contributed by atoms with Crippen molar-refractivity contribution in [3.63, 3.8) is 0 Å². The Morgan fingerprint density at radius 1 is 1.05 bits per heavy atom. The van der Waals surface area contributed by atoms with Gasteiger partial charge in [-0.25, -0.2) is 24.0 Å². The minimum Gasteiger partial charge on any atom is -0.442 e. The third-order valence-electron chi connectivity index (χ3n) is 7.43. The topological polar surface area (TPSA) is 114 Å². The number of nitrogens with one attached hydrogen (secondary N) is 2. The van der Waals surface area contributed by atoms with Crippen molar-refractivity contribution in [3.8, 4) is 0 Å². The Kier molecular flexibility index (Phi) is 9.78. The number of carbonyl (C=O) groups excluding carboxylic acids is 3. The fraction of sp³-hybridized carbons (Fsp3) is 0.500. The van der Waals surface area contributed by atoms with E-state index in [1.54, 1.807) is 12.3 Å². The second kappa shape index (κ2) is 13.3. The molecule has 2 N–H and O–H groups in total. The molecular weight excluding hydrogens is 550 g/mol. The SMILES string of the molecule is C.CC(=O)NC[C@H]1CN(c2cc(F)c(N3CCNN(C(=O)c4ccc(N5CCN(C)CC5)nc4)CC3)c(F)c2)C(=O)O1. The maximum Gasteiger partial charge on any atom is 0.414 e. The molecule has 1 aromatic carbocycles. The highest BCUT2D eigenvalue weighted by molar-refractivity contribution is 5.94. The Labute approximate surface area is 244 Å². The van der Waals surface area contributed by atoms with Crippen molar-refractivity contribution in [1.82, 2.24) is 25.6 Å². The number of anilines is 3. The van der Waals surface area contributed by atoms with Gasteiger partial charge in [0, 0.05) is 71.1 Å². The van der Waals surface area contributed by atoms with Crippen LogP contribution in [0.25, 0.3) is 0 Å². The van der Waals surface area contributed by atoms with Crippen molar-refractivity contribution < 1.29 is 27.9 Å². The first-order valence-corrected chi connectivity index (χ1v) is 13.6. The fourth-order valence-corrected chi connectivity index (χ4v) is 5.13. The van der Waals surface area contributed by atoms with Gasteiger partial charge in [-0.1, -0.05) is 7.43 Å². The van der Waals surface area contributed by atoms with Crippen molar-refractivity contribution in [1.29, 1.82) is 0 Å². The Hall–Kier alpha value is -4.04. The molecule has 0 saturated carbocycles. The largest absolute Gasteiger partial charge is 0.442 e. The summed E-state index contributed by atoms with van der Waals surface area (Å²) in [6.45, 7) is 6.04. The van der Waals surface area contributed by atoms with Crippen LogP contribution in [-0.4, -0.2) is 111 Å². The predicted molar refractivity (Wildman–Crippen MR) is 155 cm³/mol. The van der Waals surface area contributed by atoms with Crippen LogP contribution in [0.2, 0.25) is 0 Å². The number of benzene rings is 1. The molecule has 4 heterocycles. The third kappa shape index (κ3) is 6.87. The normalized spacial score (nSPS) is 19.7. The lowest BCUT2D eigenvalue weighted by Gasteiger charge is -2.33. The number of rotatable bonds is 6. The molecular formula is C28H38F2N8O4. The number of pyridine rings is 1. The van der Waals surface area contributed by atoms with Gasteiger partial charge in [-0.3, -0.25) is 19.5 Å². The van der Waals surface area contributed by atoms with Crippen molar-refractivity contribution >= 4 is 35.1 Å². The molecule has 3 saturated heterocycles. The van der Waals surface area contributed by atoms with Crippen LogP contribution < -0.4 is 25.4 Å². The maximum atomic E-state index is 15.3. The molecule has 3 aliphatic rings. The van der Waals surface area contributed by atoms with E-state index in [2.05, 4.69) is 32.6 Å². The molecule has 14 heteroatoms. The lowest BCUT2D eigenvalue weighted by molar-refractivity contribution is -0.119. The molecule has 3 fully saturated rings. The molecule has 12 nitrogen and oxygen atoms in total. The summed E-state index contributed by atoms with van der Waals surface area (Å²) in [6.07, 6.45) is 0.185. The van der Waals surface area contributed by atoms with Crippen LogP contribution in [0.15, 0.2) is 30.5 Å². The maximum absolute atomic E-state index is 15.3. The first-order valence-electron chi connectivity index (χ1n) is 13.6. The number of carbonyl (C=O) groups is 3. The van der Waals surface area contributed by atoms with E-state index >= 15 is 8.78 Å². The van der Waals surface area contributed by atoms with Gasteiger partial charge >= 0.3 is 6.09 Å². The zero-order chi connectivity index (χ0) is 29.1. The zero-order valence-corrected chi connectivity index (χ0v) is 23.1. The van der Waals surface area contributed by atoms with E-state index in [9.17, 15) is 14.4 Å². The standard InChI is InChI=1S/C27H34F2N8O4.CH4/c1-18(38)30-16-21-17-36(27(40)41-21)20-13-22(28)25(23(29)14-20)35-6-5-32-37(12-11-35)26(39)19-3-4-24(31-15-19)34-9-7-33(2)8-10-34;/h3-4,13-15,21,32H,5-12,16-17H2,1-2H3,(H,30,38);1H4/t21-;/m0./s1. The van der Waals surface area contributed by atoms with Crippen LogP contribution in [0.5, 0.6) is 0 Å². The molecule has 1 atom stereocenters. The number of cyclic esters (lactones) is 1. The molecule has 3 amide bonds. The molecule has 1 aromatic heterocycles. The summed E-state index contributed by atoms with van der Waals surface area (Å²) in [7, 11) is 2.08. The summed E-state index contributed by atoms with van der Waals surface area (Å²) in [5.74, 6) is -1.39. The number of nitrogens with zero attached hydrogens (tertiary/aromatic N) is 6. The summed E-state index contributed by atoms with van der Waals surface area (Å²) >= 11 is 0. The summed E-state index contributed by atoms with van der Waals surface area (Å²) < 4.78 is 35.7. The molecule has 0 bridgehead atoms. The van der Waals surface area contributed by atoms with E-state index in [-0.39, 0.29) is 69.9 Å². The average molecular weight is 589 g/mol. The molecule has 0 unspecified atom stereocenters. The van der Waals surface area contributed by atoms with E-state index < -0.39 is 23.8 Å². The number of likely N-dealkylation sites (N-methyl/N-ethyl adjacent to an activating group) is 1. The molecule has 5 rings (SSSR count). The lowest BCUT2D eigenvalue weighted by Crippen LogP contribution is -2.45. The highest BCUT2D eigenvalue weighted by Gasteiger charge is 2.34. The summed E-state index contributed by atoms with van der Waals surface area (Å²) in [5.41, 5.74) is 3.25. The van der Waals surface area contributed by atoms with Gasteiger partial charge in [0.25, 0.3) is 5.91 Å². The van der Waals surface area contributed by atoms with E-state index in [0.717, 1.165) is 49.0 Å². The van der Waals surface area contributed by atoms with Crippen LogP contribution in [0.3, 0.4) is 0 Å². The van der Waals surface area contributed by atoms with Gasteiger partial charge in [-0.2, -0.15) is 0 Å². The second-order valence-electron chi connectivity index (χ2n) is 10.4. The number of amides is 3. The zero-order valence-electron chi connectivity index (χ0n) is 23.1. The third-order valence-corrected chi connectivity index (χ3v) is 7.43. The average Bonchev–Trinajstić information content (AvgIpc) is 3.16. The first kappa shape index (κ1) is 30.9. The number of piperazine rings is 1. The molecule has 2 aromatic rings. The van der Waals surface area contributed by atoms with Crippen LogP contribution >= 0.6 is 0 Å². The number of aromatic nitrogens is 1. The van der Waals surface area contributed by atoms with Gasteiger partial charge < -0.3 is 24.8 Å². The van der Waals surface area contributed by atoms with Crippen molar-refractivity contribution in [2.45, 2.75) is 20.5 Å². The van der Waals surface area contributed by atoms with Crippen LogP contribution in [0, 0.1) is 11.6 Å². The van der Waals surface area contributed by atoms with E-state index in [1.807, 2.05) is 6.07 Å². The second-order valence-corrected chi connectivity index (χ2v) is 10.4. The summed E-state index contributed by atoms with van der Waals surface area (Å²) in [6, 6.07) is 5.77. The highest BCUT2D eigenvalue weighted by atomic mass is 19.1. The number of halogens is 2. The number of hydrogen-bond donors (Lipinski definition) is 2. The number of hydrogen-bond acceptors (Lipinski definition) is 9. The van der Waals surface area contributed by atoms with E-state index in [4.69, 9.17) is 4.74 Å². The summed E-state index contributed by atoms with van der Waals surface area (Å²) in [4.78, 5) is 48.2. The Bertz CT molecular complexity index is 1270. The Balaban J connectivity index is 0.00000405. The van der Waals surface area contributed by atoms with Crippen LogP contribution in [0.4, 0.5) is 30.8 Å². The fourth-order valence-electron chi connectivity index (χ4n) is 5.13. The van der Waals surface area contributed by atoms with Gasteiger partial charge in [0.15, 0.2) is 11.6 Å². The van der Waals surface area contributed by atoms with E-state index in [1.165, 1.54) is 16.8 Å². The quantitative estimate of drug-likeness (QED) is 0.521. The lowest BCUT2D eigenvalue weighted by atomic mass is 10.2. The van der Waals surface area contributed by atoms with Gasteiger partial charge in [-0.05, 0) is 19.2 Å². The first-order chi connectivity index (χ1) is 19.7. The summed E-state index contributed by atoms with van der Waals surface area (Å²) in [5, 5.41) is 4.00. The van der Waals surface area contributed by atoms with Crippen molar-refractivity contribution in [2.75, 3.05) is 87.2 Å². The minimum atomic E-state index is -0.832. The van der Waals surface area contributed by atoms with Crippen LogP contribution in [-0.2, 0) is 9.53 Å². The Morgan fingerprint density at radius 3 is 2.38 bits per heavy atom. The Morgan fingerprint density at radius 2 is 1.74 bits per heavy atom. The molecule has 0 radical (unpaired) electrons. The highest BCUT2D eigenvalue weighted by Crippen LogP contribution is 2.31. The molecule has 228 valence electrons. The van der Waals surface area contributed by atoms with Crippen molar-refractivity contribution in [2.24, 2.45) is 0 Å². The number of hydrazine groups is 1. The van der Waals surface area contributed by atoms with Crippen LogP contribution in [0.1, 0.15) is 24.7 Å². The molecule has 3 aliphatic heterocycles. The predicted octanol–water partition coefficient (Wildman–Crippen LogP) is 1.68. The molecule has 0 aliphatic carbocycles. The minimum absolute atomic E-state index is 0. The molecule has 42 heavy (non-hydrogen) atoms. The van der Waals surface area contributed by atoms with Crippen molar-refractivity contribution in [3.05, 3.63) is 47.7 Å². The number of ether oxygens (including phenoxy) is 1. The van der Waals surface area contributed by atoms with Gasteiger partial charge in [0.05, 0.1) is 30.9 Å². The molecule has 0 spiro atoms. The van der Waals surface area contributed by atoms with Gasteiger partial charge in [-0.15, -0.1) is 0 Å². The van der Waals surface area contributed by atoms with E-state index in [0.29, 0.717) is 5.56 Å². The monoisotopic (exact) mass is 588 g/mol. The van der Waals surface area contributed by atoms with Gasteiger partial charge in [0.1, 0.15) is 17.6 Å². The van der Waals surface area contributed by atoms with Gasteiger partial charge in [0.2, 0.25) is 5.91 Å².